The van der Waals surface area contributed by atoms with Gasteiger partial charge in [0.25, 0.3) is 0 Å². The second-order valence-corrected chi connectivity index (χ2v) is 8.98. The van der Waals surface area contributed by atoms with E-state index in [1.54, 1.807) is 34.1 Å². The molecule has 0 aromatic carbocycles. The number of ether oxygens (including phenoxy) is 1. The van der Waals surface area contributed by atoms with Gasteiger partial charge in [-0.3, -0.25) is 24.2 Å². The molecule has 1 aliphatic rings. The highest BCUT2D eigenvalue weighted by Gasteiger charge is 2.29. The maximum absolute atomic E-state index is 13.6. The summed E-state index contributed by atoms with van der Waals surface area (Å²) < 4.78 is 15.7. The van der Waals surface area contributed by atoms with Gasteiger partial charge in [-0.2, -0.15) is 10.1 Å². The quantitative estimate of drug-likeness (QED) is 0.358. The van der Waals surface area contributed by atoms with Crippen LogP contribution in [-0.4, -0.2) is 56.0 Å². The molecule has 0 amide bonds. The zero-order chi connectivity index (χ0) is 25.2. The van der Waals surface area contributed by atoms with Crippen LogP contribution in [0.25, 0.3) is 33.3 Å². The fraction of sp³-hybridized carbons (Fsp3) is 0.462. The van der Waals surface area contributed by atoms with Crippen LogP contribution in [0, 0.1) is 0 Å². The highest BCUT2D eigenvalue weighted by atomic mass is 16.5. The minimum atomic E-state index is -0.323. The molecule has 1 aliphatic heterocycles. The van der Waals surface area contributed by atoms with Gasteiger partial charge in [-0.25, -0.2) is 4.79 Å². The third-order valence-corrected chi connectivity index (χ3v) is 6.62. The van der Waals surface area contributed by atoms with E-state index in [0.717, 1.165) is 41.4 Å². The third-order valence-electron chi connectivity index (χ3n) is 6.62. The lowest BCUT2D eigenvalue weighted by molar-refractivity contribution is -0.00709. The number of rotatable bonds is 7. The Morgan fingerprint density at radius 1 is 1.31 bits per heavy atom. The predicted octanol–water partition coefficient (Wildman–Crippen LogP) is 4.29. The number of hydrogen-bond acceptors (Lipinski definition) is 8. The zero-order valence-electron chi connectivity index (χ0n) is 21.1. The van der Waals surface area contributed by atoms with Crippen LogP contribution < -0.4 is 5.69 Å². The highest BCUT2D eigenvalue weighted by molar-refractivity contribution is 6.06. The number of furan rings is 1. The Bertz CT molecular complexity index is 1500. The van der Waals surface area contributed by atoms with E-state index >= 15 is 0 Å². The molecular weight excluding hydrogens is 458 g/mol. The van der Waals surface area contributed by atoms with Gasteiger partial charge in [0.2, 0.25) is 0 Å². The Hall–Kier alpha value is -3.66. The minimum Gasteiger partial charge on any atom is -0.450 e. The van der Waals surface area contributed by atoms with Gasteiger partial charge in [0.15, 0.2) is 11.2 Å². The summed E-state index contributed by atoms with van der Waals surface area (Å²) in [4.78, 5) is 31.7. The van der Waals surface area contributed by atoms with Crippen molar-refractivity contribution in [3.8, 4) is 11.3 Å². The smallest absolute Gasteiger partial charge is 0.349 e. The summed E-state index contributed by atoms with van der Waals surface area (Å²) >= 11 is 0. The first-order chi connectivity index (χ1) is 17.5. The van der Waals surface area contributed by atoms with Crippen molar-refractivity contribution in [2.45, 2.75) is 58.2 Å². The molecule has 4 aromatic heterocycles. The fourth-order valence-electron chi connectivity index (χ4n) is 4.88. The van der Waals surface area contributed by atoms with E-state index in [0.29, 0.717) is 30.0 Å². The molecule has 10 nitrogen and oxygen atoms in total. The monoisotopic (exact) mass is 489 g/mol. The van der Waals surface area contributed by atoms with Gasteiger partial charge in [-0.1, -0.05) is 6.92 Å². The van der Waals surface area contributed by atoms with Crippen molar-refractivity contribution in [3.05, 3.63) is 40.8 Å². The van der Waals surface area contributed by atoms with Crippen LogP contribution in [0.1, 0.15) is 57.8 Å². The molecule has 0 radical (unpaired) electrons. The van der Waals surface area contributed by atoms with Crippen molar-refractivity contribution in [1.29, 1.82) is 0 Å². The molecule has 188 valence electrons. The van der Waals surface area contributed by atoms with E-state index in [9.17, 15) is 4.79 Å². The van der Waals surface area contributed by atoms with Crippen molar-refractivity contribution < 1.29 is 9.15 Å². The highest BCUT2D eigenvalue weighted by Crippen LogP contribution is 2.37. The summed E-state index contributed by atoms with van der Waals surface area (Å²) in [6, 6.07) is 1.59. The van der Waals surface area contributed by atoms with Gasteiger partial charge < -0.3 is 9.15 Å². The van der Waals surface area contributed by atoms with Crippen LogP contribution in [0.4, 0.5) is 0 Å². The van der Waals surface area contributed by atoms with Crippen molar-refractivity contribution in [2.24, 2.45) is 17.0 Å². The van der Waals surface area contributed by atoms with Gasteiger partial charge in [-0.15, -0.1) is 0 Å². The normalized spacial score (nSPS) is 19.8. The lowest BCUT2D eigenvalue weighted by atomic mass is 10.0. The summed E-state index contributed by atoms with van der Waals surface area (Å²) in [5.41, 5.74) is 3.49. The molecule has 0 spiro atoms. The molecule has 5 heterocycles. The van der Waals surface area contributed by atoms with Crippen LogP contribution in [0.2, 0.25) is 0 Å². The molecule has 0 N–H and O–H groups in total. The largest absolute Gasteiger partial charge is 0.450 e. The molecule has 0 bridgehead atoms. The maximum Gasteiger partial charge on any atom is 0.349 e. The van der Waals surface area contributed by atoms with E-state index in [1.165, 1.54) is 0 Å². The Labute approximate surface area is 208 Å². The molecule has 36 heavy (non-hydrogen) atoms. The van der Waals surface area contributed by atoms with Crippen LogP contribution in [0.15, 0.2) is 43.9 Å². The molecule has 1 unspecified atom stereocenters. The summed E-state index contributed by atoms with van der Waals surface area (Å²) in [5.74, 6) is 0. The van der Waals surface area contributed by atoms with Crippen molar-refractivity contribution in [2.75, 3.05) is 13.2 Å². The average molecular weight is 490 g/mol. The summed E-state index contributed by atoms with van der Waals surface area (Å²) in [5, 5.41) is 5.08. The van der Waals surface area contributed by atoms with Crippen molar-refractivity contribution in [1.82, 2.24) is 24.3 Å². The van der Waals surface area contributed by atoms with Gasteiger partial charge in [0, 0.05) is 49.6 Å². The SMILES string of the molecule is C/C=N\C(/C=N/CC)c1cc2c(cn1)oc1c(-c3cnn(C)c3)nc(=O)n([C@H]3CCO[C@@H](CC)C3)c12. The number of aromatic nitrogens is 5. The standard InChI is InChI=1S/C26H31N7O3/c1-5-18-10-17(8-9-35-18)33-24-19-11-20(21(28-7-3)13-27-6-2)29-14-22(19)36-25(24)23(31-26(33)34)16-12-30-32(4)15-16/h7,11-15,17-18,21H,5-6,8-10H2,1-4H3/b27-13+,28-7-/t17-,18-,21?/m0/s1. The molecule has 3 atom stereocenters. The number of aliphatic imine (C=N–C) groups is 2. The first-order valence-electron chi connectivity index (χ1n) is 12.5. The molecule has 1 saturated heterocycles. The van der Waals surface area contributed by atoms with Crippen LogP contribution in [0.5, 0.6) is 0 Å². The average Bonchev–Trinajstić information content (AvgIpc) is 3.49. The number of hydrogen-bond donors (Lipinski definition) is 0. The number of nitrogens with zero attached hydrogens (tertiary/aromatic N) is 7. The Morgan fingerprint density at radius 2 is 2.17 bits per heavy atom. The third kappa shape index (κ3) is 4.37. The molecule has 5 rings (SSSR count). The van der Waals surface area contributed by atoms with Crippen LogP contribution in [0.3, 0.4) is 0 Å². The van der Waals surface area contributed by atoms with Gasteiger partial charge in [0.1, 0.15) is 17.3 Å². The van der Waals surface area contributed by atoms with Crippen LogP contribution >= 0.6 is 0 Å². The summed E-state index contributed by atoms with van der Waals surface area (Å²) in [6.45, 7) is 7.22. The van der Waals surface area contributed by atoms with Gasteiger partial charge >= 0.3 is 5.69 Å². The van der Waals surface area contributed by atoms with E-state index in [4.69, 9.17) is 9.15 Å². The van der Waals surface area contributed by atoms with Gasteiger partial charge in [-0.05, 0) is 45.4 Å². The van der Waals surface area contributed by atoms with E-state index in [1.807, 2.05) is 33.2 Å². The first-order valence-corrected chi connectivity index (χ1v) is 12.5. The predicted molar refractivity (Wildman–Crippen MR) is 140 cm³/mol. The molecule has 0 aliphatic carbocycles. The van der Waals surface area contributed by atoms with Gasteiger partial charge in [0.05, 0.1) is 24.2 Å². The zero-order valence-corrected chi connectivity index (χ0v) is 21.1. The van der Waals surface area contributed by atoms with Crippen molar-refractivity contribution in [3.63, 3.8) is 0 Å². The Morgan fingerprint density at radius 3 is 2.89 bits per heavy atom. The second-order valence-electron chi connectivity index (χ2n) is 8.98. The second kappa shape index (κ2) is 10.1. The fourth-order valence-corrected chi connectivity index (χ4v) is 4.88. The molecule has 0 saturated carbocycles. The molecule has 1 fully saturated rings. The minimum absolute atomic E-state index is 0.0438. The lowest BCUT2D eigenvalue weighted by Gasteiger charge is -2.30. The van der Waals surface area contributed by atoms with Crippen LogP contribution in [-0.2, 0) is 11.8 Å². The number of aryl methyl sites for hydroxylation is 1. The molecule has 4 aromatic rings. The number of fused-ring (bicyclic) bond motifs is 3. The Kier molecular flexibility index (Phi) is 6.77. The summed E-state index contributed by atoms with van der Waals surface area (Å²) in [6.07, 6.45) is 11.2. The summed E-state index contributed by atoms with van der Waals surface area (Å²) in [7, 11) is 1.83. The Balaban J connectivity index is 1.79. The van der Waals surface area contributed by atoms with E-state index in [2.05, 4.69) is 32.0 Å². The topological polar surface area (TPSA) is 113 Å². The first kappa shape index (κ1) is 24.1. The molecule has 10 heteroatoms. The van der Waals surface area contributed by atoms with E-state index < -0.39 is 0 Å². The van der Waals surface area contributed by atoms with Crippen molar-refractivity contribution >= 4 is 34.5 Å². The lowest BCUT2D eigenvalue weighted by Crippen LogP contribution is -2.34. The molecular formula is C26H31N7O3. The number of pyridine rings is 1. The maximum atomic E-state index is 13.6. The van der Waals surface area contributed by atoms with E-state index in [-0.39, 0.29) is 23.9 Å².